The Morgan fingerprint density at radius 3 is 2.62 bits per heavy atom. The predicted molar refractivity (Wildman–Crippen MR) is 68.2 cm³/mol. The van der Waals surface area contributed by atoms with Gasteiger partial charge in [0.2, 0.25) is 0 Å². The molecule has 1 aliphatic carbocycles. The molecule has 1 aliphatic rings. The zero-order chi connectivity index (χ0) is 11.2. The second-order valence-corrected chi connectivity index (χ2v) is 4.74. The molecule has 0 saturated heterocycles. The molecule has 0 spiro atoms. The highest BCUT2D eigenvalue weighted by Gasteiger charge is 2.15. The average molecular weight is 218 g/mol. The van der Waals surface area contributed by atoms with Crippen LogP contribution in [0.3, 0.4) is 0 Å². The van der Waals surface area contributed by atoms with Crippen molar-refractivity contribution in [3.63, 3.8) is 0 Å². The van der Waals surface area contributed by atoms with Crippen molar-refractivity contribution >= 4 is 0 Å². The summed E-state index contributed by atoms with van der Waals surface area (Å²) in [7, 11) is 0. The number of benzene rings is 1. The molecular formula is C14H22N2. The van der Waals surface area contributed by atoms with E-state index in [-0.39, 0.29) is 6.04 Å². The van der Waals surface area contributed by atoms with Gasteiger partial charge in [-0.05, 0) is 37.8 Å². The fraction of sp³-hybridized carbons (Fsp3) is 0.571. The maximum atomic E-state index is 6.13. The number of nitrogens with two attached hydrogens (primary N) is 1. The summed E-state index contributed by atoms with van der Waals surface area (Å²) >= 11 is 0. The first kappa shape index (κ1) is 11.6. The van der Waals surface area contributed by atoms with Gasteiger partial charge in [-0.15, -0.1) is 0 Å². The molecule has 1 saturated carbocycles. The summed E-state index contributed by atoms with van der Waals surface area (Å²) in [6.07, 6.45) is 6.38. The van der Waals surface area contributed by atoms with Gasteiger partial charge in [-0.3, -0.25) is 0 Å². The quantitative estimate of drug-likeness (QED) is 0.720. The first-order valence-corrected chi connectivity index (χ1v) is 6.40. The molecule has 2 heteroatoms. The molecule has 0 amide bonds. The van der Waals surface area contributed by atoms with Crippen molar-refractivity contribution in [1.82, 2.24) is 5.32 Å². The van der Waals surface area contributed by atoms with Gasteiger partial charge in [0.25, 0.3) is 0 Å². The number of rotatable bonds is 6. The van der Waals surface area contributed by atoms with Crippen molar-refractivity contribution in [3.8, 4) is 0 Å². The lowest BCUT2D eigenvalue weighted by atomic mass is 9.93. The molecule has 1 fully saturated rings. The third-order valence-corrected chi connectivity index (χ3v) is 3.46. The van der Waals surface area contributed by atoms with Crippen molar-refractivity contribution in [2.24, 2.45) is 5.73 Å². The van der Waals surface area contributed by atoms with Gasteiger partial charge in [0.15, 0.2) is 0 Å². The topological polar surface area (TPSA) is 38.0 Å². The molecule has 2 nitrogen and oxygen atoms in total. The average Bonchev–Trinajstić information content (AvgIpc) is 2.27. The molecule has 0 aromatic heterocycles. The molecule has 1 atom stereocenters. The van der Waals surface area contributed by atoms with E-state index in [2.05, 4.69) is 29.6 Å². The minimum atomic E-state index is 0.199. The number of nitrogens with one attached hydrogen (secondary N) is 1. The lowest BCUT2D eigenvalue weighted by Crippen LogP contribution is -2.35. The van der Waals surface area contributed by atoms with E-state index in [0.717, 1.165) is 19.0 Å². The van der Waals surface area contributed by atoms with Crippen molar-refractivity contribution < 1.29 is 0 Å². The maximum absolute atomic E-state index is 6.13. The Morgan fingerprint density at radius 2 is 2.00 bits per heavy atom. The molecule has 1 aromatic carbocycles. The normalized spacial score (nSPS) is 18.1. The molecule has 0 aliphatic heterocycles. The van der Waals surface area contributed by atoms with Crippen molar-refractivity contribution in [2.75, 3.05) is 6.54 Å². The van der Waals surface area contributed by atoms with Crippen molar-refractivity contribution in [2.45, 2.75) is 44.2 Å². The van der Waals surface area contributed by atoms with Crippen LogP contribution in [0, 0.1) is 0 Å². The molecule has 1 aromatic rings. The van der Waals surface area contributed by atoms with Gasteiger partial charge in [0.05, 0.1) is 0 Å². The highest BCUT2D eigenvalue weighted by atomic mass is 14.9. The molecule has 1 unspecified atom stereocenters. The van der Waals surface area contributed by atoms with Gasteiger partial charge < -0.3 is 11.1 Å². The van der Waals surface area contributed by atoms with Crippen LogP contribution in [0.25, 0.3) is 0 Å². The molecule has 88 valence electrons. The van der Waals surface area contributed by atoms with Crippen LogP contribution in [0.4, 0.5) is 0 Å². The second-order valence-electron chi connectivity index (χ2n) is 4.74. The molecule has 3 N–H and O–H groups in total. The van der Waals surface area contributed by atoms with Crippen LogP contribution in [0.2, 0.25) is 0 Å². The lowest BCUT2D eigenvalue weighted by molar-refractivity contribution is 0.336. The molecule has 0 heterocycles. The monoisotopic (exact) mass is 218 g/mol. The minimum absolute atomic E-state index is 0.199. The van der Waals surface area contributed by atoms with Crippen LogP contribution in [0.5, 0.6) is 0 Å². The van der Waals surface area contributed by atoms with Crippen molar-refractivity contribution in [1.29, 1.82) is 0 Å². The van der Waals surface area contributed by atoms with Crippen LogP contribution in [-0.2, 0) is 0 Å². The minimum Gasteiger partial charge on any atom is -0.324 e. The Kier molecular flexibility index (Phi) is 4.37. The van der Waals surface area contributed by atoms with E-state index >= 15 is 0 Å². The third-order valence-electron chi connectivity index (χ3n) is 3.46. The third kappa shape index (κ3) is 3.32. The molecule has 0 radical (unpaired) electrons. The summed E-state index contributed by atoms with van der Waals surface area (Å²) < 4.78 is 0. The first-order valence-electron chi connectivity index (χ1n) is 6.40. The Hall–Kier alpha value is -0.860. The summed E-state index contributed by atoms with van der Waals surface area (Å²) in [5, 5.41) is 3.57. The van der Waals surface area contributed by atoms with E-state index < -0.39 is 0 Å². The van der Waals surface area contributed by atoms with Gasteiger partial charge in [0.1, 0.15) is 0 Å². The largest absolute Gasteiger partial charge is 0.324 e. The van der Waals surface area contributed by atoms with Crippen LogP contribution in [0.1, 0.15) is 43.7 Å². The first-order chi connectivity index (χ1) is 7.86. The lowest BCUT2D eigenvalue weighted by Gasteiger charge is -2.26. The summed E-state index contributed by atoms with van der Waals surface area (Å²) in [6, 6.07) is 11.4. The van der Waals surface area contributed by atoms with Crippen LogP contribution in [-0.4, -0.2) is 12.6 Å². The van der Waals surface area contributed by atoms with E-state index in [1.165, 1.54) is 31.2 Å². The summed E-state index contributed by atoms with van der Waals surface area (Å²) in [4.78, 5) is 0. The highest BCUT2D eigenvalue weighted by molar-refractivity contribution is 5.18. The fourth-order valence-corrected chi connectivity index (χ4v) is 2.11. The predicted octanol–water partition coefficient (Wildman–Crippen LogP) is 2.61. The van der Waals surface area contributed by atoms with Crippen LogP contribution in [0.15, 0.2) is 30.3 Å². The maximum Gasteiger partial charge on any atom is 0.0295 e. The molecule has 2 rings (SSSR count). The zero-order valence-electron chi connectivity index (χ0n) is 9.86. The van der Waals surface area contributed by atoms with Gasteiger partial charge >= 0.3 is 0 Å². The summed E-state index contributed by atoms with van der Waals surface area (Å²) in [5.41, 5.74) is 7.39. The smallest absolute Gasteiger partial charge is 0.0295 e. The Morgan fingerprint density at radius 1 is 1.25 bits per heavy atom. The second kappa shape index (κ2) is 6.02. The van der Waals surface area contributed by atoms with Crippen LogP contribution >= 0.6 is 0 Å². The number of hydrogen-bond acceptors (Lipinski definition) is 2. The molecular weight excluding hydrogens is 196 g/mol. The van der Waals surface area contributed by atoms with Gasteiger partial charge in [-0.25, -0.2) is 0 Å². The van der Waals surface area contributed by atoms with E-state index in [9.17, 15) is 0 Å². The zero-order valence-corrected chi connectivity index (χ0v) is 9.86. The van der Waals surface area contributed by atoms with E-state index in [4.69, 9.17) is 5.73 Å². The van der Waals surface area contributed by atoms with E-state index in [1.54, 1.807) is 0 Å². The summed E-state index contributed by atoms with van der Waals surface area (Å²) in [5.74, 6) is 0. The van der Waals surface area contributed by atoms with Gasteiger partial charge in [0, 0.05) is 12.1 Å². The SMILES string of the molecule is NC(CCCNC1CCC1)c1ccccc1. The highest BCUT2D eigenvalue weighted by Crippen LogP contribution is 2.18. The fourth-order valence-electron chi connectivity index (χ4n) is 2.11. The molecule has 16 heavy (non-hydrogen) atoms. The molecule has 0 bridgehead atoms. The summed E-state index contributed by atoms with van der Waals surface area (Å²) in [6.45, 7) is 1.12. The number of hydrogen-bond donors (Lipinski definition) is 2. The van der Waals surface area contributed by atoms with E-state index in [0.29, 0.717) is 0 Å². The van der Waals surface area contributed by atoms with E-state index in [1.807, 2.05) is 6.07 Å². The van der Waals surface area contributed by atoms with Crippen molar-refractivity contribution in [3.05, 3.63) is 35.9 Å². The Bertz CT molecular complexity index is 293. The van der Waals surface area contributed by atoms with Gasteiger partial charge in [-0.2, -0.15) is 0 Å². The standard InChI is InChI=1S/C14H22N2/c15-14(12-6-2-1-3-7-12)10-5-11-16-13-8-4-9-13/h1-3,6-7,13-14,16H,4-5,8-11,15H2. The van der Waals surface area contributed by atoms with Crippen LogP contribution < -0.4 is 11.1 Å². The Labute approximate surface area is 98.2 Å². The Balaban J connectivity index is 1.62. The van der Waals surface area contributed by atoms with Gasteiger partial charge in [-0.1, -0.05) is 36.8 Å².